The van der Waals surface area contributed by atoms with Crippen molar-refractivity contribution in [3.63, 3.8) is 0 Å². The third-order valence-electron chi connectivity index (χ3n) is 6.14. The fraction of sp³-hybridized carbons (Fsp3) is 0.286. The van der Waals surface area contributed by atoms with Gasteiger partial charge in [-0.3, -0.25) is 13.9 Å². The Kier molecular flexibility index (Phi) is 10.2. The zero-order chi connectivity index (χ0) is 27.9. The Morgan fingerprint density at radius 1 is 0.921 bits per heavy atom. The zero-order valence-electron chi connectivity index (χ0n) is 21.5. The highest BCUT2D eigenvalue weighted by Gasteiger charge is 2.33. The van der Waals surface area contributed by atoms with Gasteiger partial charge in [-0.1, -0.05) is 72.6 Å². The van der Waals surface area contributed by atoms with E-state index in [0.717, 1.165) is 10.7 Å². The van der Waals surface area contributed by atoms with Crippen LogP contribution in [0.2, 0.25) is 10.0 Å². The molecule has 1 N–H and O–H groups in total. The molecule has 0 fully saturated rings. The number of nitrogens with one attached hydrogen (secondary N) is 1. The van der Waals surface area contributed by atoms with Crippen LogP contribution < -0.4 is 9.62 Å². The highest BCUT2D eigenvalue weighted by atomic mass is 35.5. The normalized spacial score (nSPS) is 12.9. The molecular formula is C28H31Cl2N3O4S. The standard InChI is InChI=1S/C28H31Cl2N3O4S/c1-4-20(2)31-28(35)21(3)32(18-22-11-10-12-23(29)17-22)27(34)19-33(26-16-9-8-15-25(26)30)38(36,37)24-13-6-5-7-14-24/h5-17,20-21H,4,18-19H2,1-3H3,(H,31,35)/t20-,21-/m0/s1. The summed E-state index contributed by atoms with van der Waals surface area (Å²) in [5.41, 5.74) is 0.857. The number of para-hydroxylation sites is 1. The van der Waals surface area contributed by atoms with Gasteiger partial charge in [-0.2, -0.15) is 0 Å². The lowest BCUT2D eigenvalue weighted by atomic mass is 10.1. The maximum atomic E-state index is 13.9. The molecule has 3 rings (SSSR count). The van der Waals surface area contributed by atoms with E-state index in [9.17, 15) is 18.0 Å². The lowest BCUT2D eigenvalue weighted by Crippen LogP contribution is -2.52. The minimum absolute atomic E-state index is 0.0108. The molecule has 0 aliphatic carbocycles. The van der Waals surface area contributed by atoms with Gasteiger partial charge in [0, 0.05) is 17.6 Å². The van der Waals surface area contributed by atoms with Gasteiger partial charge in [-0.15, -0.1) is 0 Å². The van der Waals surface area contributed by atoms with E-state index in [1.165, 1.54) is 23.1 Å². The average molecular weight is 577 g/mol. The highest BCUT2D eigenvalue weighted by molar-refractivity contribution is 7.92. The molecule has 2 amide bonds. The molecule has 7 nitrogen and oxygen atoms in total. The van der Waals surface area contributed by atoms with Crippen LogP contribution in [0.5, 0.6) is 0 Å². The summed E-state index contributed by atoms with van der Waals surface area (Å²) in [7, 11) is -4.17. The summed E-state index contributed by atoms with van der Waals surface area (Å²) in [6, 6.07) is 20.2. The Hall–Kier alpha value is -3.07. The summed E-state index contributed by atoms with van der Waals surface area (Å²) < 4.78 is 28.5. The largest absolute Gasteiger partial charge is 0.352 e. The number of carbonyl (C=O) groups excluding carboxylic acids is 2. The Labute approximate surface area is 234 Å². The van der Waals surface area contributed by atoms with Gasteiger partial charge in [-0.25, -0.2) is 8.42 Å². The van der Waals surface area contributed by atoms with Gasteiger partial charge >= 0.3 is 0 Å². The topological polar surface area (TPSA) is 86.8 Å². The SMILES string of the molecule is CC[C@H](C)NC(=O)[C@H](C)N(Cc1cccc(Cl)c1)C(=O)CN(c1ccccc1Cl)S(=O)(=O)c1ccccc1. The summed E-state index contributed by atoms with van der Waals surface area (Å²) in [4.78, 5) is 28.3. The van der Waals surface area contributed by atoms with Crippen molar-refractivity contribution < 1.29 is 18.0 Å². The molecule has 10 heteroatoms. The summed E-state index contributed by atoms with van der Waals surface area (Å²) in [6.45, 7) is 4.92. The van der Waals surface area contributed by atoms with Crippen LogP contribution >= 0.6 is 23.2 Å². The van der Waals surface area contributed by atoms with Crippen LogP contribution in [-0.2, 0) is 26.2 Å². The molecule has 0 aromatic heterocycles. The third kappa shape index (κ3) is 7.28. The number of halogens is 2. The summed E-state index contributed by atoms with van der Waals surface area (Å²) in [5, 5.41) is 3.55. The second kappa shape index (κ2) is 13.1. The van der Waals surface area contributed by atoms with Gasteiger partial charge in [-0.05, 0) is 62.2 Å². The third-order valence-corrected chi connectivity index (χ3v) is 8.47. The van der Waals surface area contributed by atoms with Crippen LogP contribution in [0.15, 0.2) is 83.8 Å². The van der Waals surface area contributed by atoms with Crippen LogP contribution in [-0.4, -0.2) is 43.8 Å². The second-order valence-electron chi connectivity index (χ2n) is 8.92. The van der Waals surface area contributed by atoms with Crippen molar-refractivity contribution in [2.75, 3.05) is 10.8 Å². The van der Waals surface area contributed by atoms with Gasteiger partial charge in [0.05, 0.1) is 15.6 Å². The first-order valence-corrected chi connectivity index (χ1v) is 14.4. The Balaban J connectivity index is 2.03. The van der Waals surface area contributed by atoms with Crippen LogP contribution in [0, 0.1) is 0 Å². The van der Waals surface area contributed by atoms with E-state index < -0.39 is 28.5 Å². The first-order chi connectivity index (χ1) is 18.0. The molecule has 0 saturated carbocycles. The number of amides is 2. The summed E-state index contributed by atoms with van der Waals surface area (Å²) in [5.74, 6) is -0.916. The van der Waals surface area contributed by atoms with Crippen molar-refractivity contribution >= 4 is 50.7 Å². The molecule has 0 radical (unpaired) electrons. The monoisotopic (exact) mass is 575 g/mol. The van der Waals surface area contributed by atoms with Crippen molar-refractivity contribution in [2.45, 2.75) is 50.7 Å². The average Bonchev–Trinajstić information content (AvgIpc) is 2.90. The molecule has 0 unspecified atom stereocenters. The van der Waals surface area contributed by atoms with E-state index >= 15 is 0 Å². The number of carbonyl (C=O) groups is 2. The van der Waals surface area contributed by atoms with E-state index in [4.69, 9.17) is 23.2 Å². The minimum Gasteiger partial charge on any atom is -0.352 e. The number of rotatable bonds is 11. The Morgan fingerprint density at radius 2 is 1.58 bits per heavy atom. The van der Waals surface area contributed by atoms with Crippen molar-refractivity contribution in [1.82, 2.24) is 10.2 Å². The molecule has 0 aliphatic heterocycles. The molecule has 3 aromatic rings. The predicted molar refractivity (Wildman–Crippen MR) is 152 cm³/mol. The lowest BCUT2D eigenvalue weighted by Gasteiger charge is -2.32. The van der Waals surface area contributed by atoms with Crippen LogP contribution in [0.4, 0.5) is 5.69 Å². The number of sulfonamides is 1. The molecule has 0 bridgehead atoms. The van der Waals surface area contributed by atoms with Crippen molar-refractivity contribution in [1.29, 1.82) is 0 Å². The van der Waals surface area contributed by atoms with E-state index in [-0.39, 0.29) is 34.1 Å². The molecular weight excluding hydrogens is 545 g/mol. The molecule has 0 spiro atoms. The molecule has 0 saturated heterocycles. The van der Waals surface area contributed by atoms with Crippen LogP contribution in [0.1, 0.15) is 32.8 Å². The van der Waals surface area contributed by atoms with Gasteiger partial charge in [0.15, 0.2) is 0 Å². The number of hydrogen-bond acceptors (Lipinski definition) is 4. The molecule has 3 aromatic carbocycles. The van der Waals surface area contributed by atoms with E-state index in [2.05, 4.69) is 5.32 Å². The Bertz CT molecular complexity index is 1370. The van der Waals surface area contributed by atoms with Crippen LogP contribution in [0.3, 0.4) is 0 Å². The van der Waals surface area contributed by atoms with Gasteiger partial charge in [0.1, 0.15) is 12.6 Å². The van der Waals surface area contributed by atoms with Gasteiger partial charge in [0.25, 0.3) is 10.0 Å². The Morgan fingerprint density at radius 3 is 2.21 bits per heavy atom. The lowest BCUT2D eigenvalue weighted by molar-refractivity contribution is -0.139. The van der Waals surface area contributed by atoms with E-state index in [1.807, 2.05) is 13.8 Å². The predicted octanol–water partition coefficient (Wildman–Crippen LogP) is 5.52. The fourth-order valence-corrected chi connectivity index (χ4v) is 5.72. The van der Waals surface area contributed by atoms with Crippen LogP contribution in [0.25, 0.3) is 0 Å². The summed E-state index contributed by atoms with van der Waals surface area (Å²) in [6.07, 6.45) is 0.719. The first kappa shape index (κ1) is 29.5. The fourth-order valence-electron chi connectivity index (χ4n) is 3.77. The van der Waals surface area contributed by atoms with Gasteiger partial charge < -0.3 is 10.2 Å². The summed E-state index contributed by atoms with van der Waals surface area (Å²) >= 11 is 12.6. The molecule has 2 atom stereocenters. The maximum absolute atomic E-state index is 13.9. The molecule has 0 heterocycles. The molecule has 202 valence electrons. The maximum Gasteiger partial charge on any atom is 0.264 e. The van der Waals surface area contributed by atoms with E-state index in [0.29, 0.717) is 10.6 Å². The smallest absolute Gasteiger partial charge is 0.264 e. The first-order valence-electron chi connectivity index (χ1n) is 12.2. The zero-order valence-corrected chi connectivity index (χ0v) is 23.8. The second-order valence-corrected chi connectivity index (χ2v) is 11.6. The number of nitrogens with zero attached hydrogens (tertiary/aromatic N) is 2. The van der Waals surface area contributed by atoms with Crippen molar-refractivity contribution in [3.8, 4) is 0 Å². The van der Waals surface area contributed by atoms with Crippen molar-refractivity contribution in [3.05, 3.63) is 94.5 Å². The molecule has 38 heavy (non-hydrogen) atoms. The van der Waals surface area contributed by atoms with Gasteiger partial charge in [0.2, 0.25) is 11.8 Å². The highest BCUT2D eigenvalue weighted by Crippen LogP contribution is 2.30. The quantitative estimate of drug-likeness (QED) is 0.326. The minimum atomic E-state index is -4.17. The number of anilines is 1. The van der Waals surface area contributed by atoms with Crippen molar-refractivity contribution in [2.24, 2.45) is 0 Å². The number of hydrogen-bond donors (Lipinski definition) is 1. The molecule has 0 aliphatic rings. The van der Waals surface area contributed by atoms with E-state index in [1.54, 1.807) is 67.6 Å². The number of benzene rings is 3.